The molecule has 0 aromatic carbocycles. The second-order valence-corrected chi connectivity index (χ2v) is 2.52. The Morgan fingerprint density at radius 1 is 1.67 bits per heavy atom. The summed E-state index contributed by atoms with van der Waals surface area (Å²) in [6, 6.07) is 0. The summed E-state index contributed by atoms with van der Waals surface area (Å²) in [5, 5.41) is 8.09. The third-order valence-corrected chi connectivity index (χ3v) is 1.05. The molecule has 0 spiro atoms. The molecule has 6 heteroatoms. The fraction of sp³-hybridized carbons (Fsp3) is 1.00. The highest BCUT2D eigenvalue weighted by atomic mass is 31.2. The van der Waals surface area contributed by atoms with Crippen LogP contribution in [0.1, 0.15) is 6.42 Å². The van der Waals surface area contributed by atoms with Crippen LogP contribution >= 0.6 is 7.91 Å². The first-order valence-corrected chi connectivity index (χ1v) is 3.81. The van der Waals surface area contributed by atoms with E-state index in [1.807, 2.05) is 0 Å². The van der Waals surface area contributed by atoms with Crippen molar-refractivity contribution in [3.05, 3.63) is 0 Å². The minimum atomic E-state index is -4.81. The zero-order valence-corrected chi connectivity index (χ0v) is 5.55. The molecule has 0 rings (SSSR count). The second-order valence-electron chi connectivity index (χ2n) is 1.36. The third-order valence-electron chi connectivity index (χ3n) is 0.553. The maximum atomic E-state index is 11.5. The fourth-order valence-corrected chi connectivity index (χ4v) is 0.596. The Kier molecular flexibility index (Phi) is 3.97. The minimum absolute atomic E-state index is 0.161. The van der Waals surface area contributed by atoms with Gasteiger partial charge in [-0.15, -0.1) is 4.20 Å². The molecule has 1 atom stereocenters. The Morgan fingerprint density at radius 2 is 2.22 bits per heavy atom. The van der Waals surface area contributed by atoms with Gasteiger partial charge in [0.05, 0.1) is 6.61 Å². The Hall–Kier alpha value is 0.0400. The molecule has 4 nitrogen and oxygen atoms in total. The lowest BCUT2D eigenvalue weighted by atomic mass is 10.5. The average molecular weight is 158 g/mol. The Morgan fingerprint density at radius 3 is 2.56 bits per heavy atom. The molecule has 56 valence electrons. The van der Waals surface area contributed by atoms with Crippen molar-refractivity contribution >= 4 is 7.91 Å². The molecule has 0 aliphatic heterocycles. The van der Waals surface area contributed by atoms with E-state index in [1.165, 1.54) is 0 Å². The fourth-order valence-electron chi connectivity index (χ4n) is 0.242. The van der Waals surface area contributed by atoms with Crippen molar-refractivity contribution in [1.82, 2.24) is 0 Å². The van der Waals surface area contributed by atoms with Crippen molar-refractivity contribution in [1.29, 1.82) is 0 Å². The zero-order chi connectivity index (χ0) is 7.33. The predicted molar refractivity (Wildman–Crippen MR) is 28.6 cm³/mol. The molecule has 0 radical (unpaired) electrons. The highest BCUT2D eigenvalue weighted by Crippen LogP contribution is 2.43. The van der Waals surface area contributed by atoms with Crippen molar-refractivity contribution in [2.24, 2.45) is 0 Å². The first kappa shape index (κ1) is 9.04. The molecule has 0 aromatic heterocycles. The summed E-state index contributed by atoms with van der Waals surface area (Å²) in [6.07, 6.45) is 0.161. The van der Waals surface area contributed by atoms with Crippen LogP contribution in [-0.4, -0.2) is 23.2 Å². The van der Waals surface area contributed by atoms with Crippen LogP contribution in [0.4, 0.5) is 4.20 Å². The summed E-state index contributed by atoms with van der Waals surface area (Å²) in [7, 11) is -4.81. The number of hydrogen-bond acceptors (Lipinski definition) is 3. The Bertz CT molecular complexity index is 110. The molecule has 0 aliphatic carbocycles. The Balaban J connectivity index is 3.18. The maximum Gasteiger partial charge on any atom is 0.510 e. The minimum Gasteiger partial charge on any atom is -0.396 e. The van der Waals surface area contributed by atoms with Gasteiger partial charge in [0.15, 0.2) is 0 Å². The molecule has 0 saturated heterocycles. The first-order chi connectivity index (χ1) is 4.06. The molecular formula is C3H8FO4P. The summed E-state index contributed by atoms with van der Waals surface area (Å²) in [5.74, 6) is 0. The van der Waals surface area contributed by atoms with Crippen LogP contribution in [0, 0.1) is 0 Å². The van der Waals surface area contributed by atoms with Gasteiger partial charge in [-0.25, -0.2) is 4.57 Å². The quantitative estimate of drug-likeness (QED) is 0.460. The van der Waals surface area contributed by atoms with Crippen LogP contribution in [0.25, 0.3) is 0 Å². The smallest absolute Gasteiger partial charge is 0.396 e. The monoisotopic (exact) mass is 158 g/mol. The number of aliphatic hydroxyl groups is 1. The van der Waals surface area contributed by atoms with Gasteiger partial charge in [-0.2, -0.15) is 0 Å². The topological polar surface area (TPSA) is 66.8 Å². The molecule has 0 bridgehead atoms. The average Bonchev–Trinajstić information content (AvgIpc) is 1.63. The van der Waals surface area contributed by atoms with Gasteiger partial charge in [0, 0.05) is 6.61 Å². The molecule has 0 amide bonds. The summed E-state index contributed by atoms with van der Waals surface area (Å²) < 4.78 is 24.9. The number of hydrogen-bond donors (Lipinski definition) is 2. The van der Waals surface area contributed by atoms with Gasteiger partial charge in [-0.3, -0.25) is 9.42 Å². The summed E-state index contributed by atoms with van der Waals surface area (Å²) in [4.78, 5) is 7.83. The standard InChI is InChI=1S/C3H8FO4P/c4-9(6,7)8-3-1-2-5/h5H,1-3H2,(H,6,7). The first-order valence-electron chi connectivity index (χ1n) is 2.34. The van der Waals surface area contributed by atoms with Crippen LogP contribution in [0.5, 0.6) is 0 Å². The predicted octanol–water partition coefficient (Wildman–Crippen LogP) is 0.455. The normalized spacial score (nSPS) is 17.2. The highest BCUT2D eigenvalue weighted by molar-refractivity contribution is 7.46. The SMILES string of the molecule is O=P(O)(F)OCCCO. The molecule has 0 saturated carbocycles. The molecule has 0 aromatic rings. The van der Waals surface area contributed by atoms with Crippen LogP contribution in [-0.2, 0) is 9.09 Å². The number of halogens is 1. The summed E-state index contributed by atoms with van der Waals surface area (Å²) in [5.41, 5.74) is 0. The van der Waals surface area contributed by atoms with Crippen molar-refractivity contribution in [2.45, 2.75) is 6.42 Å². The van der Waals surface area contributed by atoms with Gasteiger partial charge in [0.2, 0.25) is 0 Å². The van der Waals surface area contributed by atoms with Gasteiger partial charge in [0.1, 0.15) is 0 Å². The van der Waals surface area contributed by atoms with E-state index < -0.39 is 7.91 Å². The van der Waals surface area contributed by atoms with E-state index in [4.69, 9.17) is 10.00 Å². The van der Waals surface area contributed by atoms with Crippen molar-refractivity contribution in [3.63, 3.8) is 0 Å². The van der Waals surface area contributed by atoms with Gasteiger partial charge >= 0.3 is 7.91 Å². The van der Waals surface area contributed by atoms with E-state index in [1.54, 1.807) is 0 Å². The lowest BCUT2D eigenvalue weighted by molar-refractivity contribution is 0.195. The van der Waals surface area contributed by atoms with Crippen molar-refractivity contribution in [3.8, 4) is 0 Å². The lowest BCUT2D eigenvalue weighted by Gasteiger charge is -1.99. The zero-order valence-electron chi connectivity index (χ0n) is 4.66. The van der Waals surface area contributed by atoms with Crippen molar-refractivity contribution in [2.75, 3.05) is 13.2 Å². The number of rotatable bonds is 4. The lowest BCUT2D eigenvalue weighted by Crippen LogP contribution is -1.92. The van der Waals surface area contributed by atoms with E-state index in [0.29, 0.717) is 0 Å². The van der Waals surface area contributed by atoms with E-state index in [0.717, 1.165) is 0 Å². The second kappa shape index (κ2) is 3.95. The number of aliphatic hydroxyl groups excluding tert-OH is 1. The van der Waals surface area contributed by atoms with Crippen LogP contribution in [0.3, 0.4) is 0 Å². The van der Waals surface area contributed by atoms with Crippen molar-refractivity contribution < 1.29 is 23.3 Å². The molecule has 1 unspecified atom stereocenters. The molecule has 0 fully saturated rings. The Labute approximate surface area is 51.9 Å². The molecule has 0 heterocycles. The molecular weight excluding hydrogens is 150 g/mol. The maximum absolute atomic E-state index is 11.5. The van der Waals surface area contributed by atoms with Crippen LogP contribution in [0.15, 0.2) is 0 Å². The largest absolute Gasteiger partial charge is 0.510 e. The van der Waals surface area contributed by atoms with Gasteiger partial charge in [-0.05, 0) is 6.42 Å². The van der Waals surface area contributed by atoms with Gasteiger partial charge in [0.25, 0.3) is 0 Å². The van der Waals surface area contributed by atoms with E-state index in [9.17, 15) is 8.76 Å². The van der Waals surface area contributed by atoms with Crippen LogP contribution < -0.4 is 0 Å². The molecule has 9 heavy (non-hydrogen) atoms. The van der Waals surface area contributed by atoms with E-state index in [-0.39, 0.29) is 19.6 Å². The van der Waals surface area contributed by atoms with E-state index >= 15 is 0 Å². The highest BCUT2D eigenvalue weighted by Gasteiger charge is 2.15. The third kappa shape index (κ3) is 8.04. The summed E-state index contributed by atoms with van der Waals surface area (Å²) >= 11 is 0. The summed E-state index contributed by atoms with van der Waals surface area (Å²) in [6.45, 7) is -0.416. The molecule has 2 N–H and O–H groups in total. The van der Waals surface area contributed by atoms with Gasteiger partial charge < -0.3 is 5.11 Å². The van der Waals surface area contributed by atoms with Gasteiger partial charge in [-0.1, -0.05) is 0 Å². The van der Waals surface area contributed by atoms with E-state index in [2.05, 4.69) is 4.52 Å². The molecule has 0 aliphatic rings. The van der Waals surface area contributed by atoms with Crippen LogP contribution in [0.2, 0.25) is 0 Å².